The number of rotatable bonds is 65. The van der Waals surface area contributed by atoms with E-state index in [1.54, 1.807) is 0 Å². The largest absolute Gasteiger partial charge is 0.462 e. The van der Waals surface area contributed by atoms with E-state index < -0.39 is 6.10 Å². The molecular formula is C75H134O6. The molecule has 0 heterocycles. The summed E-state index contributed by atoms with van der Waals surface area (Å²) < 4.78 is 16.8. The number of carbonyl (C=O) groups is 3. The molecule has 0 aliphatic rings. The molecule has 1 atom stereocenters. The van der Waals surface area contributed by atoms with Gasteiger partial charge in [0.05, 0.1) is 0 Å². The number of hydrogen-bond acceptors (Lipinski definition) is 6. The number of hydrogen-bond donors (Lipinski definition) is 0. The van der Waals surface area contributed by atoms with Crippen LogP contribution in [-0.2, 0) is 28.6 Å². The minimum absolute atomic E-state index is 0.0786. The van der Waals surface area contributed by atoms with E-state index >= 15 is 0 Å². The molecule has 0 saturated heterocycles. The summed E-state index contributed by atoms with van der Waals surface area (Å²) >= 11 is 0. The molecule has 0 amide bonds. The van der Waals surface area contributed by atoms with Crippen LogP contribution in [0.5, 0.6) is 0 Å². The maximum atomic E-state index is 12.8. The van der Waals surface area contributed by atoms with Crippen LogP contribution < -0.4 is 0 Å². The highest BCUT2D eigenvalue weighted by Crippen LogP contribution is 2.18. The fourth-order valence-electron chi connectivity index (χ4n) is 10.5. The van der Waals surface area contributed by atoms with Gasteiger partial charge in [0.1, 0.15) is 13.2 Å². The van der Waals surface area contributed by atoms with Crippen molar-refractivity contribution in [1.29, 1.82) is 0 Å². The van der Waals surface area contributed by atoms with Gasteiger partial charge in [-0.1, -0.05) is 351 Å². The molecule has 470 valence electrons. The van der Waals surface area contributed by atoms with Crippen LogP contribution in [0.3, 0.4) is 0 Å². The average Bonchev–Trinajstić information content (AvgIpc) is 3.47. The molecule has 6 heteroatoms. The first kappa shape index (κ1) is 77.9. The lowest BCUT2D eigenvalue weighted by molar-refractivity contribution is -0.167. The van der Waals surface area contributed by atoms with Gasteiger partial charge in [-0.25, -0.2) is 0 Å². The lowest BCUT2D eigenvalue weighted by atomic mass is 10.0. The first-order valence-electron chi connectivity index (χ1n) is 35.4. The second kappa shape index (κ2) is 69.3. The summed E-state index contributed by atoms with van der Waals surface area (Å²) in [5, 5.41) is 0. The van der Waals surface area contributed by atoms with Gasteiger partial charge in [0.15, 0.2) is 6.10 Å². The van der Waals surface area contributed by atoms with E-state index in [0.29, 0.717) is 19.3 Å². The Morgan fingerprint density at radius 3 is 0.753 bits per heavy atom. The summed E-state index contributed by atoms with van der Waals surface area (Å²) in [6, 6.07) is 0. The van der Waals surface area contributed by atoms with Crippen LogP contribution >= 0.6 is 0 Å². The Bertz CT molecular complexity index is 1490. The second-order valence-electron chi connectivity index (χ2n) is 23.8. The quantitative estimate of drug-likeness (QED) is 0.0261. The number of esters is 3. The molecule has 0 radical (unpaired) electrons. The van der Waals surface area contributed by atoms with Gasteiger partial charge in [-0.2, -0.15) is 0 Å². The molecule has 0 N–H and O–H groups in total. The van der Waals surface area contributed by atoms with Crippen molar-refractivity contribution in [1.82, 2.24) is 0 Å². The first-order valence-corrected chi connectivity index (χ1v) is 35.4. The molecule has 0 saturated carbocycles. The van der Waals surface area contributed by atoms with Gasteiger partial charge < -0.3 is 14.2 Å². The highest BCUT2D eigenvalue weighted by Gasteiger charge is 2.19. The Morgan fingerprint density at radius 1 is 0.259 bits per heavy atom. The van der Waals surface area contributed by atoms with Crippen molar-refractivity contribution >= 4 is 17.9 Å². The fraction of sp³-hybridized carbons (Fsp3) is 0.800. The second-order valence-corrected chi connectivity index (χ2v) is 23.8. The van der Waals surface area contributed by atoms with E-state index in [9.17, 15) is 14.4 Å². The van der Waals surface area contributed by atoms with Crippen LogP contribution in [0.2, 0.25) is 0 Å². The van der Waals surface area contributed by atoms with Crippen LogP contribution in [-0.4, -0.2) is 37.2 Å². The summed E-state index contributed by atoms with van der Waals surface area (Å²) in [7, 11) is 0. The standard InChI is InChI=1S/C75H134O6/c1-4-7-10-13-15-17-19-21-23-25-27-29-31-33-34-35-36-37-38-39-40-42-43-45-47-49-51-53-55-57-59-62-65-68-74(77)80-71-72(70-79-73(76)67-64-61-12-9-6-3)81-75(78)69-66-63-60-58-56-54-52-50-48-46-44-41-32-30-28-26-24-22-20-18-16-14-11-8-5-2/h8,11,16,18,22,24,28,30,41,44,48,50,72H,4-7,9-10,12-15,17,19-21,23,25-27,29,31-40,42-43,45-47,49,51-71H2,1-3H3/b11-8-,18-16-,24-22-,30-28-,44-41-,50-48-. The Morgan fingerprint density at radius 2 is 0.481 bits per heavy atom. The number of unbranched alkanes of at least 4 members (excludes halogenated alkanes) is 42. The monoisotopic (exact) mass is 1130 g/mol. The topological polar surface area (TPSA) is 78.9 Å². The molecule has 81 heavy (non-hydrogen) atoms. The van der Waals surface area contributed by atoms with Crippen molar-refractivity contribution in [2.24, 2.45) is 0 Å². The summed E-state index contributed by atoms with van der Waals surface area (Å²) in [6.07, 6.45) is 91.4. The van der Waals surface area contributed by atoms with Gasteiger partial charge in [-0.15, -0.1) is 0 Å². The predicted octanol–water partition coefficient (Wildman–Crippen LogP) is 24.4. The summed E-state index contributed by atoms with van der Waals surface area (Å²) in [4.78, 5) is 38.0. The van der Waals surface area contributed by atoms with Crippen molar-refractivity contribution in [3.05, 3.63) is 72.9 Å². The number of allylic oxidation sites excluding steroid dienone is 12. The molecule has 0 rings (SSSR count). The molecule has 0 bridgehead atoms. The third-order valence-electron chi connectivity index (χ3n) is 15.7. The van der Waals surface area contributed by atoms with E-state index in [1.165, 1.54) is 212 Å². The van der Waals surface area contributed by atoms with Crippen LogP contribution in [0, 0.1) is 0 Å². The van der Waals surface area contributed by atoms with Crippen LogP contribution in [0.25, 0.3) is 0 Å². The smallest absolute Gasteiger partial charge is 0.306 e. The molecule has 0 aliphatic carbocycles. The minimum atomic E-state index is -0.780. The zero-order valence-electron chi connectivity index (χ0n) is 54.1. The molecule has 0 aromatic carbocycles. The lowest BCUT2D eigenvalue weighted by Gasteiger charge is -2.18. The molecule has 6 nitrogen and oxygen atoms in total. The van der Waals surface area contributed by atoms with Gasteiger partial charge in [0, 0.05) is 19.3 Å². The van der Waals surface area contributed by atoms with E-state index in [2.05, 4.69) is 93.7 Å². The van der Waals surface area contributed by atoms with E-state index in [1.807, 2.05) is 0 Å². The van der Waals surface area contributed by atoms with Gasteiger partial charge in [0.2, 0.25) is 0 Å². The van der Waals surface area contributed by atoms with Gasteiger partial charge >= 0.3 is 17.9 Å². The van der Waals surface area contributed by atoms with Gasteiger partial charge in [-0.3, -0.25) is 14.4 Å². The third kappa shape index (κ3) is 67.5. The van der Waals surface area contributed by atoms with E-state index in [0.717, 1.165) is 116 Å². The molecule has 0 aliphatic heterocycles. The normalized spacial score (nSPS) is 12.5. The highest BCUT2D eigenvalue weighted by molar-refractivity contribution is 5.71. The Balaban J connectivity index is 3.95. The minimum Gasteiger partial charge on any atom is -0.462 e. The highest BCUT2D eigenvalue weighted by atomic mass is 16.6. The summed E-state index contributed by atoms with van der Waals surface area (Å²) in [5.41, 5.74) is 0. The Hall–Kier alpha value is -3.15. The number of carbonyl (C=O) groups excluding carboxylic acids is 3. The van der Waals surface area contributed by atoms with Gasteiger partial charge in [-0.05, 0) is 70.6 Å². The third-order valence-corrected chi connectivity index (χ3v) is 15.7. The average molecular weight is 1130 g/mol. The van der Waals surface area contributed by atoms with Crippen LogP contribution in [0.1, 0.15) is 367 Å². The molecule has 0 fully saturated rings. The zero-order valence-corrected chi connectivity index (χ0v) is 54.1. The number of ether oxygens (including phenoxy) is 3. The van der Waals surface area contributed by atoms with Crippen molar-refractivity contribution < 1.29 is 28.6 Å². The molecular weight excluding hydrogens is 997 g/mol. The zero-order chi connectivity index (χ0) is 58.5. The fourth-order valence-corrected chi connectivity index (χ4v) is 10.5. The Labute approximate surface area is 503 Å². The summed E-state index contributed by atoms with van der Waals surface area (Å²) in [6.45, 7) is 6.48. The molecule has 1 unspecified atom stereocenters. The molecule has 0 aromatic rings. The van der Waals surface area contributed by atoms with Crippen molar-refractivity contribution in [3.8, 4) is 0 Å². The van der Waals surface area contributed by atoms with Crippen molar-refractivity contribution in [2.75, 3.05) is 13.2 Å². The lowest BCUT2D eigenvalue weighted by Crippen LogP contribution is -2.30. The van der Waals surface area contributed by atoms with Crippen LogP contribution in [0.4, 0.5) is 0 Å². The SMILES string of the molecule is CC/C=C\C/C=C\C/C=C\C/C=C\C/C=C\C/C=C\CCCCCCCCC(=O)OC(COC(=O)CCCCCCC)COC(=O)CCCCCCCCCCCCCCCCCCCCCCCCCCCCCCCCCCC. The summed E-state index contributed by atoms with van der Waals surface area (Å²) in [5.74, 6) is -0.892. The Kier molecular flexibility index (Phi) is 66.6. The van der Waals surface area contributed by atoms with E-state index in [4.69, 9.17) is 14.2 Å². The molecule has 0 spiro atoms. The van der Waals surface area contributed by atoms with E-state index in [-0.39, 0.29) is 31.1 Å². The maximum Gasteiger partial charge on any atom is 0.306 e. The van der Waals surface area contributed by atoms with Gasteiger partial charge in [0.25, 0.3) is 0 Å². The van der Waals surface area contributed by atoms with Crippen molar-refractivity contribution in [2.45, 2.75) is 374 Å². The molecule has 0 aromatic heterocycles. The predicted molar refractivity (Wildman–Crippen MR) is 353 cm³/mol. The first-order chi connectivity index (χ1) is 40.0. The van der Waals surface area contributed by atoms with Crippen molar-refractivity contribution in [3.63, 3.8) is 0 Å². The van der Waals surface area contributed by atoms with Crippen LogP contribution in [0.15, 0.2) is 72.9 Å². The maximum absolute atomic E-state index is 12.8.